The number of amides is 1. The van der Waals surface area contributed by atoms with E-state index < -0.39 is 0 Å². The summed E-state index contributed by atoms with van der Waals surface area (Å²) in [5.41, 5.74) is 5.51. The predicted octanol–water partition coefficient (Wildman–Crippen LogP) is 0.657. The van der Waals surface area contributed by atoms with E-state index in [0.29, 0.717) is 13.2 Å². The molecule has 0 aromatic heterocycles. The highest BCUT2D eigenvalue weighted by atomic mass is 16.5. The molecule has 4 heteroatoms. The van der Waals surface area contributed by atoms with Gasteiger partial charge in [0.15, 0.2) is 0 Å². The van der Waals surface area contributed by atoms with Crippen LogP contribution in [0.5, 0.6) is 0 Å². The van der Waals surface area contributed by atoms with E-state index in [9.17, 15) is 4.79 Å². The van der Waals surface area contributed by atoms with Gasteiger partial charge in [-0.25, -0.2) is 0 Å². The number of carbonyl (C=O) groups excluding carboxylic acids is 1. The summed E-state index contributed by atoms with van der Waals surface area (Å²) < 4.78 is 5.12. The maximum Gasteiger partial charge on any atom is 0.246 e. The molecule has 1 amide bonds. The minimum atomic E-state index is -0.0673. The topological polar surface area (TPSA) is 64.3 Å². The average molecular weight is 202 g/mol. The fourth-order valence-corrected chi connectivity index (χ4v) is 1.18. The Labute approximate surface area is 86.2 Å². The molecule has 1 atom stereocenters. The number of nitrogens with one attached hydrogen (secondary N) is 1. The first-order valence-corrected chi connectivity index (χ1v) is 5.31. The standard InChI is InChI=1S/C10H22N2O2/c1-3-5-9(7-11)12-10(13)8-14-6-4-2/h9H,3-8,11H2,1-2H3,(H,12,13). The normalized spacial score (nSPS) is 12.5. The molecule has 0 aliphatic carbocycles. The number of hydrogen-bond acceptors (Lipinski definition) is 3. The summed E-state index contributed by atoms with van der Waals surface area (Å²) in [6, 6.07) is 0.0951. The van der Waals surface area contributed by atoms with Gasteiger partial charge in [-0.3, -0.25) is 4.79 Å². The maximum absolute atomic E-state index is 11.3. The van der Waals surface area contributed by atoms with Crippen LogP contribution < -0.4 is 11.1 Å². The second-order valence-electron chi connectivity index (χ2n) is 3.34. The number of carbonyl (C=O) groups is 1. The number of hydrogen-bond donors (Lipinski definition) is 2. The average Bonchev–Trinajstić information content (AvgIpc) is 2.17. The van der Waals surface area contributed by atoms with Crippen molar-refractivity contribution in [3.8, 4) is 0 Å². The van der Waals surface area contributed by atoms with Crippen molar-refractivity contribution in [2.75, 3.05) is 19.8 Å². The lowest BCUT2D eigenvalue weighted by Crippen LogP contribution is -2.41. The molecule has 0 saturated heterocycles. The monoisotopic (exact) mass is 202 g/mol. The molecule has 1 unspecified atom stereocenters. The Morgan fingerprint density at radius 2 is 2.14 bits per heavy atom. The van der Waals surface area contributed by atoms with Crippen LogP contribution in [-0.4, -0.2) is 31.7 Å². The molecule has 84 valence electrons. The summed E-state index contributed by atoms with van der Waals surface area (Å²) in [6.45, 7) is 5.36. The van der Waals surface area contributed by atoms with E-state index in [1.54, 1.807) is 0 Å². The number of nitrogens with two attached hydrogens (primary N) is 1. The summed E-state index contributed by atoms with van der Waals surface area (Å²) in [5, 5.41) is 2.84. The van der Waals surface area contributed by atoms with Crippen LogP contribution in [0.2, 0.25) is 0 Å². The Balaban J connectivity index is 3.56. The predicted molar refractivity (Wildman–Crippen MR) is 57.0 cm³/mol. The van der Waals surface area contributed by atoms with Crippen molar-refractivity contribution in [2.45, 2.75) is 39.2 Å². The summed E-state index contributed by atoms with van der Waals surface area (Å²) in [4.78, 5) is 11.3. The molecule has 0 spiro atoms. The zero-order valence-corrected chi connectivity index (χ0v) is 9.21. The zero-order valence-electron chi connectivity index (χ0n) is 9.21. The van der Waals surface area contributed by atoms with E-state index in [2.05, 4.69) is 12.2 Å². The van der Waals surface area contributed by atoms with Crippen molar-refractivity contribution in [3.05, 3.63) is 0 Å². The van der Waals surface area contributed by atoms with Gasteiger partial charge in [-0.05, 0) is 12.8 Å². The third kappa shape index (κ3) is 6.86. The summed E-state index contributed by atoms with van der Waals surface area (Å²) >= 11 is 0. The first kappa shape index (κ1) is 13.4. The molecule has 4 nitrogen and oxygen atoms in total. The van der Waals surface area contributed by atoms with Crippen LogP contribution in [0.4, 0.5) is 0 Å². The lowest BCUT2D eigenvalue weighted by atomic mass is 10.2. The molecule has 0 aromatic rings. The fourth-order valence-electron chi connectivity index (χ4n) is 1.18. The van der Waals surface area contributed by atoms with E-state index in [1.165, 1.54) is 0 Å². The molecular formula is C10H22N2O2. The lowest BCUT2D eigenvalue weighted by molar-refractivity contribution is -0.126. The summed E-state index contributed by atoms with van der Waals surface area (Å²) in [6.07, 6.45) is 2.89. The van der Waals surface area contributed by atoms with Gasteiger partial charge in [0.05, 0.1) is 0 Å². The molecule has 3 N–H and O–H groups in total. The van der Waals surface area contributed by atoms with Crippen LogP contribution in [-0.2, 0) is 9.53 Å². The van der Waals surface area contributed by atoms with Crippen molar-refractivity contribution in [1.82, 2.24) is 5.32 Å². The maximum atomic E-state index is 11.3. The Hall–Kier alpha value is -0.610. The zero-order chi connectivity index (χ0) is 10.8. The van der Waals surface area contributed by atoms with Crippen LogP contribution in [0.3, 0.4) is 0 Å². The molecule has 14 heavy (non-hydrogen) atoms. The van der Waals surface area contributed by atoms with Gasteiger partial charge in [0, 0.05) is 19.2 Å². The molecule has 0 fully saturated rings. The molecule has 0 aliphatic rings. The van der Waals surface area contributed by atoms with Crippen LogP contribution in [0.15, 0.2) is 0 Å². The third-order valence-corrected chi connectivity index (χ3v) is 1.87. The molecule has 0 radical (unpaired) electrons. The van der Waals surface area contributed by atoms with Crippen LogP contribution in [0, 0.1) is 0 Å². The quantitative estimate of drug-likeness (QED) is 0.568. The van der Waals surface area contributed by atoms with Gasteiger partial charge in [-0.15, -0.1) is 0 Å². The Morgan fingerprint density at radius 1 is 1.43 bits per heavy atom. The highest BCUT2D eigenvalue weighted by Crippen LogP contribution is 1.94. The highest BCUT2D eigenvalue weighted by molar-refractivity contribution is 5.77. The molecule has 0 aliphatic heterocycles. The molecule has 0 aromatic carbocycles. The van der Waals surface area contributed by atoms with E-state index in [1.807, 2.05) is 6.92 Å². The van der Waals surface area contributed by atoms with E-state index >= 15 is 0 Å². The van der Waals surface area contributed by atoms with Crippen molar-refractivity contribution in [1.29, 1.82) is 0 Å². The smallest absolute Gasteiger partial charge is 0.246 e. The van der Waals surface area contributed by atoms with Gasteiger partial charge < -0.3 is 15.8 Å². The molecule has 0 bridgehead atoms. The van der Waals surface area contributed by atoms with E-state index in [-0.39, 0.29) is 18.6 Å². The van der Waals surface area contributed by atoms with Gasteiger partial charge >= 0.3 is 0 Å². The Kier molecular flexibility index (Phi) is 8.57. The van der Waals surface area contributed by atoms with Crippen LogP contribution in [0.25, 0.3) is 0 Å². The SMILES string of the molecule is CCCOCC(=O)NC(CN)CCC. The van der Waals surface area contributed by atoms with E-state index in [4.69, 9.17) is 10.5 Å². The molecule has 0 rings (SSSR count). The largest absolute Gasteiger partial charge is 0.372 e. The first-order valence-electron chi connectivity index (χ1n) is 5.31. The third-order valence-electron chi connectivity index (χ3n) is 1.87. The highest BCUT2D eigenvalue weighted by Gasteiger charge is 2.08. The Morgan fingerprint density at radius 3 is 2.64 bits per heavy atom. The lowest BCUT2D eigenvalue weighted by Gasteiger charge is -2.15. The van der Waals surface area contributed by atoms with Crippen molar-refractivity contribution >= 4 is 5.91 Å². The van der Waals surface area contributed by atoms with Gasteiger partial charge in [0.25, 0.3) is 0 Å². The number of rotatable bonds is 8. The number of ether oxygens (including phenoxy) is 1. The second kappa shape index (κ2) is 8.97. The molecule has 0 saturated carbocycles. The van der Waals surface area contributed by atoms with Gasteiger partial charge in [0.1, 0.15) is 6.61 Å². The minimum Gasteiger partial charge on any atom is -0.372 e. The molecule has 0 heterocycles. The van der Waals surface area contributed by atoms with Gasteiger partial charge in [-0.1, -0.05) is 20.3 Å². The van der Waals surface area contributed by atoms with Gasteiger partial charge in [0.2, 0.25) is 5.91 Å². The molecular weight excluding hydrogens is 180 g/mol. The van der Waals surface area contributed by atoms with Crippen LogP contribution in [0.1, 0.15) is 33.1 Å². The van der Waals surface area contributed by atoms with E-state index in [0.717, 1.165) is 19.3 Å². The fraction of sp³-hybridized carbons (Fsp3) is 0.900. The van der Waals surface area contributed by atoms with Crippen LogP contribution >= 0.6 is 0 Å². The second-order valence-corrected chi connectivity index (χ2v) is 3.34. The van der Waals surface area contributed by atoms with Crippen molar-refractivity contribution in [2.24, 2.45) is 5.73 Å². The first-order chi connectivity index (χ1) is 6.74. The minimum absolute atomic E-state index is 0.0673. The van der Waals surface area contributed by atoms with Crippen molar-refractivity contribution in [3.63, 3.8) is 0 Å². The van der Waals surface area contributed by atoms with Crippen molar-refractivity contribution < 1.29 is 9.53 Å². The summed E-state index contributed by atoms with van der Waals surface area (Å²) in [7, 11) is 0. The van der Waals surface area contributed by atoms with Gasteiger partial charge in [-0.2, -0.15) is 0 Å². The summed E-state index contributed by atoms with van der Waals surface area (Å²) in [5.74, 6) is -0.0673. The Bertz CT molecular complexity index is 151.